The van der Waals surface area contributed by atoms with Gasteiger partial charge >= 0.3 is 0 Å². The first-order valence-corrected chi connectivity index (χ1v) is 6.67. The summed E-state index contributed by atoms with van der Waals surface area (Å²) in [7, 11) is 0. The van der Waals surface area contributed by atoms with Gasteiger partial charge in [0.05, 0.1) is 0 Å². The van der Waals surface area contributed by atoms with Crippen molar-refractivity contribution in [2.75, 3.05) is 19.6 Å². The van der Waals surface area contributed by atoms with Gasteiger partial charge < -0.3 is 5.32 Å². The Balaban J connectivity index is 2.38. The maximum Gasteiger partial charge on any atom is 0.0138 e. The Kier molecular flexibility index (Phi) is 5.62. The Labute approximate surface area is 95.4 Å². The molecule has 2 atom stereocenters. The SMILES string of the molecule is CCCN(C(C)C)C1CCC1CNCC. The molecule has 90 valence electrons. The van der Waals surface area contributed by atoms with Crippen LogP contribution >= 0.6 is 0 Å². The molecule has 1 aliphatic rings. The van der Waals surface area contributed by atoms with Gasteiger partial charge in [-0.05, 0) is 58.7 Å². The molecule has 2 nitrogen and oxygen atoms in total. The van der Waals surface area contributed by atoms with E-state index in [1.165, 1.54) is 32.4 Å². The van der Waals surface area contributed by atoms with Crippen molar-refractivity contribution in [3.63, 3.8) is 0 Å². The minimum absolute atomic E-state index is 0.708. The molecular weight excluding hydrogens is 184 g/mol. The van der Waals surface area contributed by atoms with Crippen molar-refractivity contribution in [1.29, 1.82) is 0 Å². The molecule has 1 rings (SSSR count). The molecular formula is C13H28N2. The van der Waals surface area contributed by atoms with E-state index in [-0.39, 0.29) is 0 Å². The van der Waals surface area contributed by atoms with Crippen LogP contribution in [-0.2, 0) is 0 Å². The second-order valence-electron chi connectivity index (χ2n) is 5.04. The van der Waals surface area contributed by atoms with Gasteiger partial charge in [0, 0.05) is 12.1 Å². The average Bonchev–Trinajstić information content (AvgIpc) is 2.16. The molecule has 15 heavy (non-hydrogen) atoms. The molecule has 0 amide bonds. The van der Waals surface area contributed by atoms with Crippen molar-refractivity contribution >= 4 is 0 Å². The lowest BCUT2D eigenvalue weighted by Crippen LogP contribution is -2.53. The summed E-state index contributed by atoms with van der Waals surface area (Å²) >= 11 is 0. The van der Waals surface area contributed by atoms with Gasteiger partial charge in [-0.3, -0.25) is 4.90 Å². The van der Waals surface area contributed by atoms with Crippen LogP contribution in [0.2, 0.25) is 0 Å². The Morgan fingerprint density at radius 2 is 2.00 bits per heavy atom. The minimum Gasteiger partial charge on any atom is -0.317 e. The van der Waals surface area contributed by atoms with Crippen LogP contribution < -0.4 is 5.32 Å². The standard InChI is InChI=1S/C13H28N2/c1-5-9-15(11(3)4)13-8-7-12(13)10-14-6-2/h11-14H,5-10H2,1-4H3. The van der Waals surface area contributed by atoms with Gasteiger partial charge in [0.15, 0.2) is 0 Å². The van der Waals surface area contributed by atoms with E-state index in [2.05, 4.69) is 37.9 Å². The molecule has 1 aliphatic carbocycles. The number of hydrogen-bond acceptors (Lipinski definition) is 2. The summed E-state index contributed by atoms with van der Waals surface area (Å²) in [6, 6.07) is 1.56. The fourth-order valence-electron chi connectivity index (χ4n) is 2.62. The molecule has 0 aromatic heterocycles. The molecule has 0 aromatic carbocycles. The van der Waals surface area contributed by atoms with E-state index < -0.39 is 0 Å². The van der Waals surface area contributed by atoms with Gasteiger partial charge in [-0.2, -0.15) is 0 Å². The summed E-state index contributed by atoms with van der Waals surface area (Å²) in [4.78, 5) is 2.70. The Hall–Kier alpha value is -0.0800. The molecule has 0 aliphatic heterocycles. The molecule has 0 heterocycles. The van der Waals surface area contributed by atoms with Crippen molar-refractivity contribution in [3.05, 3.63) is 0 Å². The number of rotatable bonds is 7. The Bertz CT molecular complexity index is 168. The highest BCUT2D eigenvalue weighted by Gasteiger charge is 2.35. The van der Waals surface area contributed by atoms with Gasteiger partial charge in [-0.15, -0.1) is 0 Å². The molecule has 0 aromatic rings. The van der Waals surface area contributed by atoms with Crippen LogP contribution in [0.15, 0.2) is 0 Å². The van der Waals surface area contributed by atoms with Crippen LogP contribution in [0.25, 0.3) is 0 Å². The topological polar surface area (TPSA) is 15.3 Å². The predicted molar refractivity (Wildman–Crippen MR) is 67.2 cm³/mol. The summed E-state index contributed by atoms with van der Waals surface area (Å²) in [5, 5.41) is 3.49. The molecule has 1 N–H and O–H groups in total. The van der Waals surface area contributed by atoms with Gasteiger partial charge in [0.25, 0.3) is 0 Å². The van der Waals surface area contributed by atoms with Crippen molar-refractivity contribution in [3.8, 4) is 0 Å². The highest BCUT2D eigenvalue weighted by atomic mass is 15.2. The van der Waals surface area contributed by atoms with E-state index in [1.807, 2.05) is 0 Å². The van der Waals surface area contributed by atoms with Crippen LogP contribution in [0.5, 0.6) is 0 Å². The van der Waals surface area contributed by atoms with Gasteiger partial charge in [0.1, 0.15) is 0 Å². The maximum absolute atomic E-state index is 3.49. The molecule has 2 heteroatoms. The number of nitrogens with one attached hydrogen (secondary N) is 1. The summed E-state index contributed by atoms with van der Waals surface area (Å²) in [6.07, 6.45) is 4.11. The molecule has 0 saturated heterocycles. The largest absolute Gasteiger partial charge is 0.317 e. The lowest BCUT2D eigenvalue weighted by molar-refractivity contribution is 0.0382. The first-order chi connectivity index (χ1) is 7.20. The van der Waals surface area contributed by atoms with Crippen LogP contribution in [0.1, 0.15) is 47.0 Å². The fourth-order valence-corrected chi connectivity index (χ4v) is 2.62. The first-order valence-electron chi connectivity index (χ1n) is 6.67. The molecule has 0 spiro atoms. The molecule has 1 fully saturated rings. The lowest BCUT2D eigenvalue weighted by atomic mass is 9.77. The smallest absolute Gasteiger partial charge is 0.0138 e. The Morgan fingerprint density at radius 1 is 1.27 bits per heavy atom. The lowest BCUT2D eigenvalue weighted by Gasteiger charge is -2.46. The van der Waals surface area contributed by atoms with E-state index in [4.69, 9.17) is 0 Å². The van der Waals surface area contributed by atoms with Gasteiger partial charge in [-0.1, -0.05) is 13.8 Å². The van der Waals surface area contributed by atoms with Crippen LogP contribution in [-0.4, -0.2) is 36.6 Å². The highest BCUT2D eigenvalue weighted by Crippen LogP contribution is 2.32. The predicted octanol–water partition coefficient (Wildman–Crippen LogP) is 2.49. The fraction of sp³-hybridized carbons (Fsp3) is 1.00. The monoisotopic (exact) mass is 212 g/mol. The van der Waals surface area contributed by atoms with E-state index in [9.17, 15) is 0 Å². The minimum atomic E-state index is 0.708. The quantitative estimate of drug-likeness (QED) is 0.697. The summed E-state index contributed by atoms with van der Waals surface area (Å²) in [5.74, 6) is 0.902. The van der Waals surface area contributed by atoms with E-state index in [0.29, 0.717) is 6.04 Å². The third kappa shape index (κ3) is 3.46. The number of hydrogen-bond donors (Lipinski definition) is 1. The van der Waals surface area contributed by atoms with E-state index in [0.717, 1.165) is 18.5 Å². The normalized spacial score (nSPS) is 26.0. The molecule has 2 unspecified atom stereocenters. The zero-order chi connectivity index (χ0) is 11.3. The van der Waals surface area contributed by atoms with Gasteiger partial charge in [-0.25, -0.2) is 0 Å². The zero-order valence-electron chi connectivity index (χ0n) is 10.9. The van der Waals surface area contributed by atoms with Crippen molar-refractivity contribution in [1.82, 2.24) is 10.2 Å². The number of nitrogens with zero attached hydrogens (tertiary/aromatic N) is 1. The van der Waals surface area contributed by atoms with E-state index in [1.54, 1.807) is 0 Å². The second-order valence-corrected chi connectivity index (χ2v) is 5.04. The zero-order valence-corrected chi connectivity index (χ0v) is 10.9. The van der Waals surface area contributed by atoms with Crippen LogP contribution in [0.3, 0.4) is 0 Å². The van der Waals surface area contributed by atoms with Crippen LogP contribution in [0.4, 0.5) is 0 Å². The third-order valence-electron chi connectivity index (χ3n) is 3.60. The third-order valence-corrected chi connectivity index (χ3v) is 3.60. The van der Waals surface area contributed by atoms with Crippen LogP contribution in [0, 0.1) is 5.92 Å². The van der Waals surface area contributed by atoms with Gasteiger partial charge in [0.2, 0.25) is 0 Å². The highest BCUT2D eigenvalue weighted by molar-refractivity contribution is 4.91. The summed E-state index contributed by atoms with van der Waals surface area (Å²) in [5.41, 5.74) is 0. The second kappa shape index (κ2) is 6.49. The van der Waals surface area contributed by atoms with Crippen molar-refractivity contribution < 1.29 is 0 Å². The molecule has 0 bridgehead atoms. The molecule has 1 saturated carbocycles. The summed E-state index contributed by atoms with van der Waals surface area (Å²) in [6.45, 7) is 12.7. The van der Waals surface area contributed by atoms with Crippen molar-refractivity contribution in [2.24, 2.45) is 5.92 Å². The summed E-state index contributed by atoms with van der Waals surface area (Å²) < 4.78 is 0. The Morgan fingerprint density at radius 3 is 2.40 bits per heavy atom. The molecule has 0 radical (unpaired) electrons. The maximum atomic E-state index is 3.49. The van der Waals surface area contributed by atoms with E-state index >= 15 is 0 Å². The first kappa shape index (κ1) is 13.0. The average molecular weight is 212 g/mol. The van der Waals surface area contributed by atoms with Crippen molar-refractivity contribution in [2.45, 2.75) is 59.0 Å².